The molecular weight excluding hydrogens is 322 g/mol. The standard InChI is InChI=1S/C18H25N3O2S/c1-18(2,3)23-17(22)19-12-13-8-6-7-11-21(13)16-20-14-9-4-5-10-15(14)24-16/h4-5,9-10,13H,6-8,11-12H2,1-3H3,(H,19,22). The molecule has 1 fully saturated rings. The molecular formula is C18H25N3O2S. The molecule has 0 bridgehead atoms. The Morgan fingerprint density at radius 3 is 2.92 bits per heavy atom. The van der Waals surface area contributed by atoms with Crippen LogP contribution < -0.4 is 10.2 Å². The second-order valence-electron chi connectivity index (χ2n) is 7.19. The fourth-order valence-corrected chi connectivity index (χ4v) is 4.03. The van der Waals surface area contributed by atoms with Crippen LogP contribution >= 0.6 is 11.3 Å². The van der Waals surface area contributed by atoms with E-state index in [-0.39, 0.29) is 12.1 Å². The Balaban J connectivity index is 1.68. The summed E-state index contributed by atoms with van der Waals surface area (Å²) in [6.07, 6.45) is 3.06. The van der Waals surface area contributed by atoms with Crippen molar-refractivity contribution in [3.63, 3.8) is 0 Å². The molecule has 0 radical (unpaired) electrons. The maximum atomic E-state index is 11.9. The van der Waals surface area contributed by atoms with E-state index in [1.807, 2.05) is 39.0 Å². The molecule has 1 aromatic heterocycles. The van der Waals surface area contributed by atoms with Crippen LogP contribution in [0.2, 0.25) is 0 Å². The van der Waals surface area contributed by atoms with Crippen molar-refractivity contribution < 1.29 is 9.53 Å². The number of nitrogens with one attached hydrogen (secondary N) is 1. The highest BCUT2D eigenvalue weighted by atomic mass is 32.1. The van der Waals surface area contributed by atoms with Gasteiger partial charge in [-0.2, -0.15) is 0 Å². The van der Waals surface area contributed by atoms with Gasteiger partial charge in [-0.15, -0.1) is 0 Å². The van der Waals surface area contributed by atoms with Crippen LogP contribution in [0.3, 0.4) is 0 Å². The fraction of sp³-hybridized carbons (Fsp3) is 0.556. The molecule has 1 aliphatic rings. The molecule has 1 unspecified atom stereocenters. The van der Waals surface area contributed by atoms with Crippen molar-refractivity contribution in [2.24, 2.45) is 0 Å². The van der Waals surface area contributed by atoms with Gasteiger partial charge in [-0.25, -0.2) is 9.78 Å². The third kappa shape index (κ3) is 4.17. The van der Waals surface area contributed by atoms with Crippen molar-refractivity contribution in [3.8, 4) is 0 Å². The number of benzene rings is 1. The average Bonchev–Trinajstić information content (AvgIpc) is 2.95. The molecule has 0 spiro atoms. The smallest absolute Gasteiger partial charge is 0.407 e. The van der Waals surface area contributed by atoms with E-state index in [1.165, 1.54) is 17.5 Å². The number of piperidine rings is 1. The maximum Gasteiger partial charge on any atom is 0.407 e. The molecule has 2 heterocycles. The molecule has 130 valence electrons. The number of aromatic nitrogens is 1. The number of alkyl carbamates (subject to hydrolysis) is 1. The average molecular weight is 347 g/mol. The van der Waals surface area contributed by atoms with E-state index in [1.54, 1.807) is 11.3 Å². The van der Waals surface area contributed by atoms with Crippen molar-refractivity contribution in [2.75, 3.05) is 18.0 Å². The lowest BCUT2D eigenvalue weighted by molar-refractivity contribution is 0.0523. The van der Waals surface area contributed by atoms with Gasteiger partial charge >= 0.3 is 6.09 Å². The third-order valence-electron chi connectivity index (χ3n) is 4.04. The molecule has 0 aliphatic carbocycles. The zero-order valence-electron chi connectivity index (χ0n) is 14.5. The molecule has 2 aromatic rings. The van der Waals surface area contributed by atoms with E-state index < -0.39 is 5.60 Å². The molecule has 1 saturated heterocycles. The van der Waals surface area contributed by atoms with Crippen LogP contribution in [-0.2, 0) is 4.74 Å². The second kappa shape index (κ2) is 6.97. The minimum Gasteiger partial charge on any atom is -0.444 e. The van der Waals surface area contributed by atoms with E-state index >= 15 is 0 Å². The summed E-state index contributed by atoms with van der Waals surface area (Å²) in [5.41, 5.74) is 0.575. The Bertz CT molecular complexity index is 675. The van der Waals surface area contributed by atoms with Gasteiger partial charge in [0.15, 0.2) is 5.13 Å². The number of nitrogens with zero attached hydrogens (tertiary/aromatic N) is 2. The molecule has 1 amide bonds. The van der Waals surface area contributed by atoms with Gasteiger partial charge in [0.05, 0.1) is 10.2 Å². The summed E-state index contributed by atoms with van der Waals surface area (Å²) in [5, 5.41) is 3.96. The van der Waals surface area contributed by atoms with E-state index in [2.05, 4.69) is 16.3 Å². The third-order valence-corrected chi connectivity index (χ3v) is 5.11. The molecule has 1 aromatic carbocycles. The Hall–Kier alpha value is -1.82. The number of fused-ring (bicyclic) bond motifs is 1. The number of thiazole rings is 1. The maximum absolute atomic E-state index is 11.9. The van der Waals surface area contributed by atoms with Crippen LogP contribution in [0, 0.1) is 0 Å². The van der Waals surface area contributed by atoms with Crippen molar-refractivity contribution in [1.29, 1.82) is 0 Å². The first-order valence-corrected chi connectivity index (χ1v) is 9.33. The van der Waals surface area contributed by atoms with Gasteiger partial charge in [-0.3, -0.25) is 0 Å². The highest BCUT2D eigenvalue weighted by Gasteiger charge is 2.26. The Kier molecular flexibility index (Phi) is 4.94. The SMILES string of the molecule is CC(C)(C)OC(=O)NCC1CCCCN1c1nc2ccccc2s1. The Labute approximate surface area is 147 Å². The number of carbonyl (C=O) groups excluding carboxylic acids is 1. The number of carbonyl (C=O) groups is 1. The molecule has 3 rings (SSSR count). The van der Waals surface area contributed by atoms with E-state index in [0.29, 0.717) is 6.54 Å². The molecule has 1 N–H and O–H groups in total. The molecule has 1 aliphatic heterocycles. The van der Waals surface area contributed by atoms with Gasteiger partial charge in [0.2, 0.25) is 0 Å². The number of hydrogen-bond acceptors (Lipinski definition) is 5. The van der Waals surface area contributed by atoms with Crippen molar-refractivity contribution in [3.05, 3.63) is 24.3 Å². The van der Waals surface area contributed by atoms with E-state index in [0.717, 1.165) is 23.6 Å². The van der Waals surface area contributed by atoms with Crippen LogP contribution in [0.25, 0.3) is 10.2 Å². The minimum atomic E-state index is -0.469. The zero-order valence-corrected chi connectivity index (χ0v) is 15.4. The highest BCUT2D eigenvalue weighted by Crippen LogP contribution is 2.32. The molecule has 1 atom stereocenters. The van der Waals surface area contributed by atoms with Gasteiger partial charge in [-0.05, 0) is 52.2 Å². The summed E-state index contributed by atoms with van der Waals surface area (Å²) in [6.45, 7) is 7.20. The first kappa shape index (κ1) is 17.0. The summed E-state index contributed by atoms with van der Waals surface area (Å²) in [4.78, 5) is 19.0. The summed E-state index contributed by atoms with van der Waals surface area (Å²) >= 11 is 1.72. The first-order valence-electron chi connectivity index (χ1n) is 8.51. The van der Waals surface area contributed by atoms with Crippen LogP contribution in [0.15, 0.2) is 24.3 Å². The minimum absolute atomic E-state index is 0.270. The number of hydrogen-bond donors (Lipinski definition) is 1. The number of rotatable bonds is 3. The van der Waals surface area contributed by atoms with Crippen LogP contribution in [-0.4, -0.2) is 35.8 Å². The largest absolute Gasteiger partial charge is 0.444 e. The number of anilines is 1. The Morgan fingerprint density at radius 1 is 1.38 bits per heavy atom. The fourth-order valence-electron chi connectivity index (χ4n) is 2.96. The quantitative estimate of drug-likeness (QED) is 0.905. The molecule has 6 heteroatoms. The van der Waals surface area contributed by atoms with Crippen LogP contribution in [0.1, 0.15) is 40.0 Å². The lowest BCUT2D eigenvalue weighted by Gasteiger charge is -2.35. The number of ether oxygens (including phenoxy) is 1. The van der Waals surface area contributed by atoms with Crippen LogP contribution in [0.5, 0.6) is 0 Å². The monoisotopic (exact) mass is 347 g/mol. The predicted octanol–water partition coefficient (Wildman–Crippen LogP) is 4.18. The topological polar surface area (TPSA) is 54.5 Å². The van der Waals surface area contributed by atoms with Crippen molar-refractivity contribution >= 4 is 32.8 Å². The second-order valence-corrected chi connectivity index (χ2v) is 8.20. The summed E-state index contributed by atoms with van der Waals surface area (Å²) < 4.78 is 6.54. The van der Waals surface area contributed by atoms with Crippen molar-refractivity contribution in [2.45, 2.75) is 51.7 Å². The lowest BCUT2D eigenvalue weighted by atomic mass is 10.0. The zero-order chi connectivity index (χ0) is 17.2. The number of amides is 1. The summed E-state index contributed by atoms with van der Waals surface area (Å²) in [7, 11) is 0. The van der Waals surface area contributed by atoms with Crippen LogP contribution in [0.4, 0.5) is 9.93 Å². The van der Waals surface area contributed by atoms with E-state index in [4.69, 9.17) is 9.72 Å². The summed E-state index contributed by atoms with van der Waals surface area (Å²) in [5.74, 6) is 0. The lowest BCUT2D eigenvalue weighted by Crippen LogP contribution is -2.47. The van der Waals surface area contributed by atoms with E-state index in [9.17, 15) is 4.79 Å². The van der Waals surface area contributed by atoms with Gasteiger partial charge in [-0.1, -0.05) is 23.5 Å². The van der Waals surface area contributed by atoms with Gasteiger partial charge in [0.1, 0.15) is 5.60 Å². The normalized spacial score (nSPS) is 18.6. The molecule has 0 saturated carbocycles. The molecule has 5 nitrogen and oxygen atoms in total. The first-order chi connectivity index (χ1) is 11.4. The summed E-state index contributed by atoms with van der Waals surface area (Å²) in [6, 6.07) is 8.49. The van der Waals surface area contributed by atoms with Gasteiger partial charge in [0.25, 0.3) is 0 Å². The number of para-hydroxylation sites is 1. The predicted molar refractivity (Wildman–Crippen MR) is 98.8 cm³/mol. The highest BCUT2D eigenvalue weighted by molar-refractivity contribution is 7.22. The van der Waals surface area contributed by atoms with Gasteiger partial charge in [0, 0.05) is 19.1 Å². The van der Waals surface area contributed by atoms with Gasteiger partial charge < -0.3 is 15.0 Å². The Morgan fingerprint density at radius 2 is 2.17 bits per heavy atom. The van der Waals surface area contributed by atoms with Crippen molar-refractivity contribution in [1.82, 2.24) is 10.3 Å². The molecule has 24 heavy (non-hydrogen) atoms.